The highest BCUT2D eigenvalue weighted by molar-refractivity contribution is 5.89. The van der Waals surface area contributed by atoms with Crippen molar-refractivity contribution in [2.75, 3.05) is 31.1 Å². The molecule has 3 heterocycles. The van der Waals surface area contributed by atoms with Gasteiger partial charge in [-0.3, -0.25) is 9.89 Å². The van der Waals surface area contributed by atoms with Crippen molar-refractivity contribution in [3.8, 4) is 11.3 Å². The Hall–Kier alpha value is -3.54. The fraction of sp³-hybridized carbons (Fsp3) is 0.308. The van der Waals surface area contributed by atoms with E-state index in [1.165, 1.54) is 11.1 Å². The summed E-state index contributed by atoms with van der Waals surface area (Å²) in [7, 11) is 0. The summed E-state index contributed by atoms with van der Waals surface area (Å²) in [5, 5.41) is 8.89. The minimum absolute atomic E-state index is 0.189. The Morgan fingerprint density at radius 2 is 1.88 bits per heavy atom. The zero-order valence-electron chi connectivity index (χ0n) is 18.7. The van der Waals surface area contributed by atoms with Crippen molar-refractivity contribution < 1.29 is 4.79 Å². The molecule has 6 nitrogen and oxygen atoms in total. The zero-order valence-corrected chi connectivity index (χ0v) is 18.7. The lowest BCUT2D eigenvalue weighted by Crippen LogP contribution is -2.36. The molecule has 5 rings (SSSR count). The summed E-state index contributed by atoms with van der Waals surface area (Å²) in [5.41, 5.74) is 6.89. The summed E-state index contributed by atoms with van der Waals surface area (Å²) in [6.07, 6.45) is 3.33. The van der Waals surface area contributed by atoms with Gasteiger partial charge in [0.25, 0.3) is 0 Å². The standard InChI is InChI=1S/C26H29N5O/c1-18-8-9-20(14-19(18)2)24-16-25(29-28-24)30-10-5-11-31(13-12-30)26(32)15-21-17-27-23-7-4-3-6-22(21)23/h3-4,6-9,14,16-17,27H,5,10-13,15H2,1-2H3,(H,28,29). The Bertz CT molecular complexity index is 1250. The third-order valence-corrected chi connectivity index (χ3v) is 6.57. The number of carbonyl (C=O) groups is 1. The largest absolute Gasteiger partial charge is 0.361 e. The predicted octanol–water partition coefficient (Wildman–Crippen LogP) is 4.46. The molecule has 1 saturated heterocycles. The van der Waals surface area contributed by atoms with E-state index in [1.54, 1.807) is 0 Å². The molecule has 0 saturated carbocycles. The smallest absolute Gasteiger partial charge is 0.227 e. The predicted molar refractivity (Wildman–Crippen MR) is 129 cm³/mol. The number of aromatic nitrogens is 3. The minimum atomic E-state index is 0.189. The number of nitrogens with zero attached hydrogens (tertiary/aromatic N) is 3. The van der Waals surface area contributed by atoms with Crippen LogP contribution in [0.4, 0.5) is 5.82 Å². The number of H-pyrrole nitrogens is 2. The number of para-hydroxylation sites is 1. The minimum Gasteiger partial charge on any atom is -0.361 e. The molecule has 1 aliphatic heterocycles. The van der Waals surface area contributed by atoms with Gasteiger partial charge in [0, 0.05) is 49.3 Å². The average Bonchev–Trinajstić information content (AvgIpc) is 3.37. The number of aromatic amines is 2. The monoisotopic (exact) mass is 427 g/mol. The van der Waals surface area contributed by atoms with Gasteiger partial charge in [0.1, 0.15) is 0 Å². The van der Waals surface area contributed by atoms with Crippen LogP contribution in [0.15, 0.2) is 54.7 Å². The molecular formula is C26H29N5O. The third kappa shape index (κ3) is 4.00. The summed E-state index contributed by atoms with van der Waals surface area (Å²) in [4.78, 5) is 20.6. The summed E-state index contributed by atoms with van der Waals surface area (Å²) in [6, 6.07) is 16.7. The normalized spacial score (nSPS) is 14.7. The van der Waals surface area contributed by atoms with Gasteiger partial charge in [-0.15, -0.1) is 0 Å². The fourth-order valence-corrected chi connectivity index (χ4v) is 4.48. The molecule has 0 atom stereocenters. The van der Waals surface area contributed by atoms with Gasteiger partial charge in [0.2, 0.25) is 5.91 Å². The molecule has 0 unspecified atom stereocenters. The maximum Gasteiger partial charge on any atom is 0.227 e. The van der Waals surface area contributed by atoms with E-state index in [-0.39, 0.29) is 5.91 Å². The lowest BCUT2D eigenvalue weighted by molar-refractivity contribution is -0.130. The number of rotatable bonds is 4. The summed E-state index contributed by atoms with van der Waals surface area (Å²) in [6.45, 7) is 7.44. The quantitative estimate of drug-likeness (QED) is 0.505. The van der Waals surface area contributed by atoms with Crippen molar-refractivity contribution in [1.29, 1.82) is 0 Å². The van der Waals surface area contributed by atoms with Gasteiger partial charge in [0.05, 0.1) is 12.1 Å². The van der Waals surface area contributed by atoms with Crippen LogP contribution in [0.1, 0.15) is 23.1 Å². The maximum atomic E-state index is 13.0. The Morgan fingerprint density at radius 1 is 1.00 bits per heavy atom. The Kier molecular flexibility index (Phi) is 5.43. The molecule has 1 aliphatic rings. The van der Waals surface area contributed by atoms with Crippen LogP contribution in [0.25, 0.3) is 22.2 Å². The molecule has 164 valence electrons. The highest BCUT2D eigenvalue weighted by Crippen LogP contribution is 2.25. The van der Waals surface area contributed by atoms with Gasteiger partial charge >= 0.3 is 0 Å². The van der Waals surface area contributed by atoms with Crippen LogP contribution in [0.5, 0.6) is 0 Å². The fourth-order valence-electron chi connectivity index (χ4n) is 4.48. The zero-order chi connectivity index (χ0) is 22.1. The Labute approximate surface area is 188 Å². The maximum absolute atomic E-state index is 13.0. The number of nitrogens with one attached hydrogen (secondary N) is 2. The van der Waals surface area contributed by atoms with Gasteiger partial charge < -0.3 is 14.8 Å². The molecule has 0 bridgehead atoms. The molecule has 0 aliphatic carbocycles. The molecule has 0 radical (unpaired) electrons. The van der Waals surface area contributed by atoms with E-state index in [1.807, 2.05) is 29.3 Å². The number of carbonyl (C=O) groups excluding carboxylic acids is 1. The number of hydrogen-bond acceptors (Lipinski definition) is 3. The molecule has 4 aromatic rings. The number of fused-ring (bicyclic) bond motifs is 1. The van der Waals surface area contributed by atoms with Gasteiger partial charge in [-0.1, -0.05) is 30.3 Å². The molecule has 0 spiro atoms. The number of aryl methyl sites for hydroxylation is 2. The van der Waals surface area contributed by atoms with Crippen molar-refractivity contribution in [1.82, 2.24) is 20.1 Å². The van der Waals surface area contributed by atoms with Gasteiger partial charge in [-0.05, 0) is 54.7 Å². The van der Waals surface area contributed by atoms with Crippen LogP contribution >= 0.6 is 0 Å². The molecule has 1 fully saturated rings. The third-order valence-electron chi connectivity index (χ3n) is 6.57. The molecule has 32 heavy (non-hydrogen) atoms. The summed E-state index contributed by atoms with van der Waals surface area (Å²) < 4.78 is 0. The first-order valence-corrected chi connectivity index (χ1v) is 11.3. The second-order valence-corrected chi connectivity index (χ2v) is 8.70. The molecular weight excluding hydrogens is 398 g/mol. The van der Waals surface area contributed by atoms with Crippen LogP contribution < -0.4 is 4.90 Å². The van der Waals surface area contributed by atoms with Crippen LogP contribution in [-0.2, 0) is 11.2 Å². The topological polar surface area (TPSA) is 68.0 Å². The van der Waals surface area contributed by atoms with Gasteiger partial charge in [0.15, 0.2) is 5.82 Å². The number of amides is 1. The van der Waals surface area contributed by atoms with Crippen LogP contribution in [0, 0.1) is 13.8 Å². The van der Waals surface area contributed by atoms with Crippen molar-refractivity contribution in [2.24, 2.45) is 0 Å². The van der Waals surface area contributed by atoms with E-state index in [9.17, 15) is 4.79 Å². The van der Waals surface area contributed by atoms with E-state index in [4.69, 9.17) is 0 Å². The van der Waals surface area contributed by atoms with E-state index >= 15 is 0 Å². The Morgan fingerprint density at radius 3 is 2.75 bits per heavy atom. The summed E-state index contributed by atoms with van der Waals surface area (Å²) in [5.74, 6) is 1.14. The van der Waals surface area contributed by atoms with Crippen molar-refractivity contribution in [3.63, 3.8) is 0 Å². The SMILES string of the molecule is Cc1ccc(-c2cc(N3CCCN(C(=O)Cc4c[nH]c5ccccc45)CC3)n[nH]2)cc1C. The van der Waals surface area contributed by atoms with E-state index < -0.39 is 0 Å². The van der Waals surface area contributed by atoms with Crippen molar-refractivity contribution >= 4 is 22.6 Å². The van der Waals surface area contributed by atoms with Crippen molar-refractivity contribution in [3.05, 3.63) is 71.4 Å². The highest BCUT2D eigenvalue weighted by Gasteiger charge is 2.21. The van der Waals surface area contributed by atoms with Crippen LogP contribution in [0.3, 0.4) is 0 Å². The number of hydrogen-bond donors (Lipinski definition) is 2. The average molecular weight is 428 g/mol. The first kappa shape index (κ1) is 20.4. The second-order valence-electron chi connectivity index (χ2n) is 8.70. The van der Waals surface area contributed by atoms with Crippen LogP contribution in [0.2, 0.25) is 0 Å². The molecule has 2 N–H and O–H groups in total. The Balaban J connectivity index is 1.25. The molecule has 1 amide bonds. The number of benzene rings is 2. The lowest BCUT2D eigenvalue weighted by Gasteiger charge is -2.22. The highest BCUT2D eigenvalue weighted by atomic mass is 16.2. The lowest BCUT2D eigenvalue weighted by atomic mass is 10.0. The van der Waals surface area contributed by atoms with E-state index in [0.717, 1.165) is 59.6 Å². The second kappa shape index (κ2) is 8.54. The summed E-state index contributed by atoms with van der Waals surface area (Å²) >= 11 is 0. The van der Waals surface area contributed by atoms with E-state index in [2.05, 4.69) is 64.3 Å². The van der Waals surface area contributed by atoms with Crippen molar-refractivity contribution in [2.45, 2.75) is 26.7 Å². The van der Waals surface area contributed by atoms with Gasteiger partial charge in [-0.2, -0.15) is 5.10 Å². The number of anilines is 1. The first-order valence-electron chi connectivity index (χ1n) is 11.3. The molecule has 2 aromatic carbocycles. The van der Waals surface area contributed by atoms with E-state index in [0.29, 0.717) is 13.0 Å². The molecule has 6 heteroatoms. The molecule has 2 aromatic heterocycles. The first-order chi connectivity index (χ1) is 15.6. The van der Waals surface area contributed by atoms with Gasteiger partial charge in [-0.25, -0.2) is 0 Å². The van der Waals surface area contributed by atoms with Crippen LogP contribution in [-0.4, -0.2) is 52.2 Å².